The standard InChI is InChI=1S/C23H26N6O2/c1-14-9-28(10-17-6-26-29(11-17)18-7-24-16(3)25-8-18)12-22(27-14)19-4-5-20-21(15(19)2)13-31-23(20)30/h4-8,11,14,22,27H,9-10,12-13H2,1-3H3/t14?,22-/m0/s1. The van der Waals surface area contributed by atoms with Crippen molar-refractivity contribution in [1.82, 2.24) is 30.0 Å². The molecule has 4 heterocycles. The zero-order chi connectivity index (χ0) is 21.5. The molecule has 0 spiro atoms. The van der Waals surface area contributed by atoms with Gasteiger partial charge in [-0.15, -0.1) is 0 Å². The molecule has 8 nitrogen and oxygen atoms in total. The molecule has 0 aliphatic carbocycles. The second-order valence-corrected chi connectivity index (χ2v) is 8.48. The van der Waals surface area contributed by atoms with Crippen molar-refractivity contribution in [3.63, 3.8) is 0 Å². The molecule has 8 heteroatoms. The number of carbonyl (C=O) groups excluding carboxylic acids is 1. The number of fused-ring (bicyclic) bond motifs is 1. The number of nitrogens with one attached hydrogen (secondary N) is 1. The summed E-state index contributed by atoms with van der Waals surface area (Å²) in [5.41, 5.74) is 6.13. The molecule has 1 N–H and O–H groups in total. The third-order valence-corrected chi connectivity index (χ3v) is 6.12. The fourth-order valence-electron chi connectivity index (χ4n) is 4.58. The predicted octanol–water partition coefficient (Wildman–Crippen LogP) is 2.48. The number of hydrogen-bond donors (Lipinski definition) is 1. The zero-order valence-corrected chi connectivity index (χ0v) is 18.0. The third kappa shape index (κ3) is 3.84. The van der Waals surface area contributed by atoms with Crippen molar-refractivity contribution in [1.29, 1.82) is 0 Å². The lowest BCUT2D eigenvalue weighted by molar-refractivity contribution is 0.0535. The van der Waals surface area contributed by atoms with Crippen molar-refractivity contribution in [3.8, 4) is 5.69 Å². The Hall–Kier alpha value is -3.10. The summed E-state index contributed by atoms with van der Waals surface area (Å²) in [6, 6.07) is 4.53. The average Bonchev–Trinajstić information content (AvgIpc) is 3.36. The molecule has 5 rings (SSSR count). The lowest BCUT2D eigenvalue weighted by Gasteiger charge is -2.38. The number of aromatic nitrogens is 4. The highest BCUT2D eigenvalue weighted by Gasteiger charge is 2.30. The van der Waals surface area contributed by atoms with Crippen LogP contribution in [-0.2, 0) is 17.9 Å². The highest BCUT2D eigenvalue weighted by Crippen LogP contribution is 2.31. The minimum atomic E-state index is -0.216. The van der Waals surface area contributed by atoms with Gasteiger partial charge in [-0.05, 0) is 38.0 Å². The SMILES string of the molecule is Cc1ncc(-n2cc(CN3CC(C)N[C@H](c4ccc5c(c4C)COC5=O)C3)cn2)cn1. The van der Waals surface area contributed by atoms with Crippen molar-refractivity contribution in [2.45, 2.75) is 46.0 Å². The number of esters is 1. The molecule has 2 atom stereocenters. The minimum Gasteiger partial charge on any atom is -0.457 e. The van der Waals surface area contributed by atoms with Crippen molar-refractivity contribution >= 4 is 5.97 Å². The number of ether oxygens (including phenoxy) is 1. The molecule has 160 valence electrons. The average molecular weight is 419 g/mol. The Kier molecular flexibility index (Phi) is 5.03. The van der Waals surface area contributed by atoms with Crippen LogP contribution in [-0.4, -0.2) is 49.7 Å². The Bertz CT molecular complexity index is 1120. The van der Waals surface area contributed by atoms with E-state index in [1.165, 1.54) is 5.56 Å². The molecule has 0 amide bonds. The molecule has 1 fully saturated rings. The van der Waals surface area contributed by atoms with Gasteiger partial charge in [0.2, 0.25) is 0 Å². The monoisotopic (exact) mass is 418 g/mol. The van der Waals surface area contributed by atoms with Crippen LogP contribution in [0.4, 0.5) is 0 Å². The van der Waals surface area contributed by atoms with Crippen LogP contribution in [0.25, 0.3) is 5.69 Å². The molecular weight excluding hydrogens is 392 g/mol. The second-order valence-electron chi connectivity index (χ2n) is 8.48. The van der Waals surface area contributed by atoms with E-state index >= 15 is 0 Å². The number of carbonyl (C=O) groups is 1. The van der Waals surface area contributed by atoms with Crippen LogP contribution in [0.5, 0.6) is 0 Å². The van der Waals surface area contributed by atoms with Crippen molar-refractivity contribution in [2.75, 3.05) is 13.1 Å². The van der Waals surface area contributed by atoms with Gasteiger partial charge in [0.15, 0.2) is 0 Å². The number of aryl methyl sites for hydroxylation is 1. The number of nitrogens with zero attached hydrogens (tertiary/aromatic N) is 5. The molecule has 1 unspecified atom stereocenters. The van der Waals surface area contributed by atoms with Gasteiger partial charge >= 0.3 is 5.97 Å². The van der Waals surface area contributed by atoms with E-state index in [9.17, 15) is 4.79 Å². The Balaban J connectivity index is 1.33. The highest BCUT2D eigenvalue weighted by atomic mass is 16.5. The van der Waals surface area contributed by atoms with E-state index in [-0.39, 0.29) is 12.0 Å². The maximum atomic E-state index is 11.9. The summed E-state index contributed by atoms with van der Waals surface area (Å²) in [5, 5.41) is 8.21. The van der Waals surface area contributed by atoms with Gasteiger partial charge in [-0.2, -0.15) is 5.10 Å². The molecule has 1 saturated heterocycles. The molecule has 2 aliphatic heterocycles. The lowest BCUT2D eigenvalue weighted by Crippen LogP contribution is -2.50. The van der Waals surface area contributed by atoms with E-state index in [4.69, 9.17) is 4.74 Å². The second kappa shape index (κ2) is 7.86. The predicted molar refractivity (Wildman–Crippen MR) is 115 cm³/mol. The number of rotatable bonds is 4. The van der Waals surface area contributed by atoms with Gasteiger partial charge in [-0.25, -0.2) is 19.4 Å². The van der Waals surface area contributed by atoms with E-state index in [0.717, 1.165) is 47.8 Å². The Morgan fingerprint density at radius 2 is 1.97 bits per heavy atom. The van der Waals surface area contributed by atoms with E-state index in [1.807, 2.05) is 30.1 Å². The maximum Gasteiger partial charge on any atom is 0.338 e. The zero-order valence-electron chi connectivity index (χ0n) is 18.0. The van der Waals surface area contributed by atoms with Gasteiger partial charge in [-0.3, -0.25) is 4.90 Å². The van der Waals surface area contributed by atoms with Crippen LogP contribution in [0.1, 0.15) is 51.4 Å². The summed E-state index contributed by atoms with van der Waals surface area (Å²) in [6.07, 6.45) is 7.52. The molecule has 0 radical (unpaired) electrons. The first-order valence-corrected chi connectivity index (χ1v) is 10.6. The third-order valence-electron chi connectivity index (χ3n) is 6.12. The Morgan fingerprint density at radius 1 is 1.16 bits per heavy atom. The van der Waals surface area contributed by atoms with Gasteiger partial charge in [0.1, 0.15) is 18.1 Å². The summed E-state index contributed by atoms with van der Waals surface area (Å²) in [5.74, 6) is 0.530. The molecule has 2 aromatic heterocycles. The van der Waals surface area contributed by atoms with Gasteiger partial charge in [-0.1, -0.05) is 6.07 Å². The number of benzene rings is 1. The first-order valence-electron chi connectivity index (χ1n) is 10.6. The molecule has 0 bridgehead atoms. The minimum absolute atomic E-state index is 0.199. The van der Waals surface area contributed by atoms with Gasteiger partial charge in [0.05, 0.1) is 24.2 Å². The first kappa shape index (κ1) is 19.8. The van der Waals surface area contributed by atoms with Crippen molar-refractivity contribution in [3.05, 3.63) is 70.6 Å². The summed E-state index contributed by atoms with van der Waals surface area (Å²) in [4.78, 5) is 22.8. The Morgan fingerprint density at radius 3 is 2.77 bits per heavy atom. The topological polar surface area (TPSA) is 85.2 Å². The summed E-state index contributed by atoms with van der Waals surface area (Å²) < 4.78 is 7.04. The molecule has 2 aliphatic rings. The lowest BCUT2D eigenvalue weighted by atomic mass is 9.92. The van der Waals surface area contributed by atoms with E-state index in [1.54, 1.807) is 12.4 Å². The number of hydrogen-bond acceptors (Lipinski definition) is 7. The normalized spacial score (nSPS) is 21.2. The van der Waals surface area contributed by atoms with Crippen molar-refractivity contribution < 1.29 is 9.53 Å². The van der Waals surface area contributed by atoms with E-state index < -0.39 is 0 Å². The van der Waals surface area contributed by atoms with Crippen LogP contribution in [0.2, 0.25) is 0 Å². The van der Waals surface area contributed by atoms with Gasteiger partial charge in [0, 0.05) is 49.0 Å². The Labute approximate surface area is 181 Å². The van der Waals surface area contributed by atoms with E-state index in [2.05, 4.69) is 45.2 Å². The van der Waals surface area contributed by atoms with Crippen LogP contribution in [0, 0.1) is 13.8 Å². The molecule has 31 heavy (non-hydrogen) atoms. The van der Waals surface area contributed by atoms with Crippen molar-refractivity contribution in [2.24, 2.45) is 0 Å². The molecule has 3 aromatic rings. The maximum absolute atomic E-state index is 11.9. The summed E-state index contributed by atoms with van der Waals surface area (Å²) in [6.45, 7) is 9.21. The molecule has 0 saturated carbocycles. The van der Waals surface area contributed by atoms with Gasteiger partial charge < -0.3 is 10.1 Å². The number of piperazine rings is 1. The molecular formula is C23H26N6O2. The summed E-state index contributed by atoms with van der Waals surface area (Å²) in [7, 11) is 0. The first-order chi connectivity index (χ1) is 15.0. The number of cyclic esters (lactones) is 1. The summed E-state index contributed by atoms with van der Waals surface area (Å²) >= 11 is 0. The van der Waals surface area contributed by atoms with Crippen LogP contribution in [0.3, 0.4) is 0 Å². The highest BCUT2D eigenvalue weighted by molar-refractivity contribution is 5.94. The largest absolute Gasteiger partial charge is 0.457 e. The quantitative estimate of drug-likeness (QED) is 0.652. The van der Waals surface area contributed by atoms with Crippen LogP contribution >= 0.6 is 0 Å². The fraction of sp³-hybridized carbons (Fsp3) is 0.391. The smallest absolute Gasteiger partial charge is 0.338 e. The van der Waals surface area contributed by atoms with Crippen LogP contribution < -0.4 is 5.32 Å². The van der Waals surface area contributed by atoms with Gasteiger partial charge in [0.25, 0.3) is 0 Å². The van der Waals surface area contributed by atoms with E-state index in [0.29, 0.717) is 18.2 Å². The molecule has 1 aromatic carbocycles. The fourth-order valence-corrected chi connectivity index (χ4v) is 4.58. The van der Waals surface area contributed by atoms with Crippen LogP contribution in [0.15, 0.2) is 36.9 Å².